The molecule has 1 atom stereocenters. The Bertz CT molecular complexity index is 832. The van der Waals surface area contributed by atoms with E-state index in [2.05, 4.69) is 39.1 Å². The lowest BCUT2D eigenvalue weighted by Gasteiger charge is -2.35. The van der Waals surface area contributed by atoms with Crippen LogP contribution in [0.4, 0.5) is 0 Å². The summed E-state index contributed by atoms with van der Waals surface area (Å²) in [4.78, 5) is 2.00. The molecule has 0 N–H and O–H groups in total. The molecule has 2 aromatic rings. The van der Waals surface area contributed by atoms with Crippen LogP contribution >= 0.6 is 11.3 Å². The summed E-state index contributed by atoms with van der Waals surface area (Å²) in [5.74, 6) is 2.93. The first-order chi connectivity index (χ1) is 11.3. The molecular formula is C18H18N4S. The Morgan fingerprint density at radius 1 is 1.22 bits per heavy atom. The highest BCUT2D eigenvalue weighted by Crippen LogP contribution is 2.50. The molecule has 4 nitrogen and oxygen atoms in total. The van der Waals surface area contributed by atoms with Crippen molar-refractivity contribution in [3.8, 4) is 6.07 Å². The quantitative estimate of drug-likeness (QED) is 0.798. The van der Waals surface area contributed by atoms with Crippen molar-refractivity contribution in [3.05, 3.63) is 45.7 Å². The van der Waals surface area contributed by atoms with Crippen molar-refractivity contribution in [1.82, 2.24) is 14.8 Å². The number of hydrogen-bond donors (Lipinski definition) is 0. The third kappa shape index (κ3) is 1.88. The minimum absolute atomic E-state index is 0.155. The van der Waals surface area contributed by atoms with Gasteiger partial charge in [0.2, 0.25) is 0 Å². The lowest BCUT2D eigenvalue weighted by atomic mass is 9.74. The first kappa shape index (κ1) is 13.5. The SMILES string of the molecule is N#Cc1ccc(C2(c3nnc(C4CCC4)n3C3CC3)C=CC2)s1. The average molecular weight is 322 g/mol. The molecule has 2 fully saturated rings. The van der Waals surface area contributed by atoms with E-state index in [4.69, 9.17) is 5.26 Å². The molecule has 5 rings (SSSR count). The van der Waals surface area contributed by atoms with Crippen LogP contribution in [-0.2, 0) is 5.41 Å². The highest BCUT2D eigenvalue weighted by molar-refractivity contribution is 7.12. The van der Waals surface area contributed by atoms with Crippen molar-refractivity contribution >= 4 is 11.3 Å². The van der Waals surface area contributed by atoms with Crippen LogP contribution in [0.1, 0.15) is 71.9 Å². The van der Waals surface area contributed by atoms with E-state index in [1.807, 2.05) is 6.07 Å². The molecule has 3 aliphatic carbocycles. The maximum Gasteiger partial charge on any atom is 0.148 e. The molecule has 2 saturated carbocycles. The number of allylic oxidation sites excluding steroid dienone is 2. The fourth-order valence-corrected chi connectivity index (χ4v) is 4.67. The van der Waals surface area contributed by atoms with Gasteiger partial charge in [0, 0.05) is 16.8 Å². The number of aromatic nitrogens is 3. The average Bonchev–Trinajstić information content (AvgIpc) is 3.03. The van der Waals surface area contributed by atoms with E-state index >= 15 is 0 Å². The molecule has 0 bridgehead atoms. The van der Waals surface area contributed by atoms with Crippen LogP contribution in [0.5, 0.6) is 0 Å². The van der Waals surface area contributed by atoms with Crippen molar-refractivity contribution in [2.24, 2.45) is 0 Å². The van der Waals surface area contributed by atoms with Crippen molar-refractivity contribution in [2.45, 2.75) is 55.9 Å². The molecule has 2 aromatic heterocycles. The Labute approximate surface area is 139 Å². The van der Waals surface area contributed by atoms with E-state index < -0.39 is 0 Å². The standard InChI is InChI=1S/C18H18N4S/c19-11-14-7-8-15(23-14)18(9-2-10-18)17-21-20-16(12-3-1-4-12)22(17)13-5-6-13/h2,7-9,12-13H,1,3-6,10H2. The lowest BCUT2D eigenvalue weighted by Crippen LogP contribution is -2.33. The first-order valence-corrected chi connectivity index (χ1v) is 9.27. The first-order valence-electron chi connectivity index (χ1n) is 8.45. The Hall–Kier alpha value is -1.93. The molecule has 116 valence electrons. The predicted molar refractivity (Wildman–Crippen MR) is 88.5 cm³/mol. The zero-order chi connectivity index (χ0) is 15.4. The largest absolute Gasteiger partial charge is 0.311 e. The van der Waals surface area contributed by atoms with E-state index in [0.29, 0.717) is 12.0 Å². The molecule has 0 radical (unpaired) electrons. The fraction of sp³-hybridized carbons (Fsp3) is 0.500. The van der Waals surface area contributed by atoms with Crippen LogP contribution in [0.15, 0.2) is 24.3 Å². The molecule has 0 aliphatic heterocycles. The van der Waals surface area contributed by atoms with E-state index in [1.165, 1.54) is 42.8 Å². The summed E-state index contributed by atoms with van der Waals surface area (Å²) in [5.41, 5.74) is -0.155. The molecule has 23 heavy (non-hydrogen) atoms. The molecule has 3 aliphatic rings. The van der Waals surface area contributed by atoms with Gasteiger partial charge in [-0.1, -0.05) is 18.6 Å². The Morgan fingerprint density at radius 2 is 2.04 bits per heavy atom. The van der Waals surface area contributed by atoms with Gasteiger partial charge in [0.1, 0.15) is 22.6 Å². The number of hydrogen-bond acceptors (Lipinski definition) is 4. The highest BCUT2D eigenvalue weighted by atomic mass is 32.1. The number of rotatable bonds is 4. The second kappa shape index (κ2) is 4.78. The van der Waals surface area contributed by atoms with E-state index in [0.717, 1.165) is 17.1 Å². The third-order valence-corrected chi connectivity index (χ3v) is 6.67. The van der Waals surface area contributed by atoms with Gasteiger partial charge < -0.3 is 4.57 Å². The molecule has 0 saturated heterocycles. The van der Waals surface area contributed by atoms with Gasteiger partial charge in [-0.2, -0.15) is 5.26 Å². The van der Waals surface area contributed by atoms with Gasteiger partial charge in [-0.3, -0.25) is 0 Å². The van der Waals surface area contributed by atoms with Gasteiger partial charge in [-0.05, 0) is 44.2 Å². The van der Waals surface area contributed by atoms with Crippen molar-refractivity contribution in [3.63, 3.8) is 0 Å². The molecule has 0 spiro atoms. The summed E-state index contributed by atoms with van der Waals surface area (Å²) in [5, 5.41) is 18.4. The van der Waals surface area contributed by atoms with Crippen LogP contribution in [0.3, 0.4) is 0 Å². The summed E-state index contributed by atoms with van der Waals surface area (Å²) in [6.45, 7) is 0. The Kier molecular flexibility index (Phi) is 2.81. The molecule has 0 aromatic carbocycles. The van der Waals surface area contributed by atoms with Crippen LogP contribution in [0.2, 0.25) is 0 Å². The number of thiophene rings is 1. The van der Waals surface area contributed by atoms with E-state index in [-0.39, 0.29) is 5.41 Å². The third-order valence-electron chi connectivity index (χ3n) is 5.50. The van der Waals surface area contributed by atoms with Gasteiger partial charge in [0.25, 0.3) is 0 Å². The van der Waals surface area contributed by atoms with Gasteiger partial charge in [-0.25, -0.2) is 0 Å². The van der Waals surface area contributed by atoms with Gasteiger partial charge in [0.05, 0.1) is 5.41 Å². The maximum atomic E-state index is 9.16. The summed E-state index contributed by atoms with van der Waals surface area (Å²) in [6, 6.07) is 6.88. The summed E-state index contributed by atoms with van der Waals surface area (Å²) >= 11 is 1.60. The topological polar surface area (TPSA) is 54.5 Å². The van der Waals surface area contributed by atoms with Gasteiger partial charge >= 0.3 is 0 Å². The van der Waals surface area contributed by atoms with Crippen LogP contribution in [0.25, 0.3) is 0 Å². The number of nitriles is 1. The molecular weight excluding hydrogens is 304 g/mol. The van der Waals surface area contributed by atoms with E-state index in [1.54, 1.807) is 11.3 Å². The Balaban J connectivity index is 1.63. The smallest absolute Gasteiger partial charge is 0.148 e. The fourth-order valence-electron chi connectivity index (χ4n) is 3.70. The lowest BCUT2D eigenvalue weighted by molar-refractivity contribution is 0.381. The van der Waals surface area contributed by atoms with Crippen molar-refractivity contribution in [1.29, 1.82) is 5.26 Å². The summed E-state index contributed by atoms with van der Waals surface area (Å²) < 4.78 is 2.46. The summed E-state index contributed by atoms with van der Waals surface area (Å²) in [7, 11) is 0. The minimum atomic E-state index is -0.155. The normalized spacial score (nSPS) is 26.6. The number of nitrogens with zero attached hydrogens (tertiary/aromatic N) is 4. The summed E-state index contributed by atoms with van der Waals surface area (Å²) in [6.07, 6.45) is 11.8. The zero-order valence-electron chi connectivity index (χ0n) is 12.9. The molecule has 5 heteroatoms. The van der Waals surface area contributed by atoms with Gasteiger partial charge in [0.15, 0.2) is 0 Å². The molecule has 1 unspecified atom stereocenters. The van der Waals surface area contributed by atoms with Crippen LogP contribution < -0.4 is 0 Å². The van der Waals surface area contributed by atoms with Crippen molar-refractivity contribution < 1.29 is 0 Å². The van der Waals surface area contributed by atoms with Crippen molar-refractivity contribution in [2.75, 3.05) is 0 Å². The molecule has 2 heterocycles. The monoisotopic (exact) mass is 322 g/mol. The van der Waals surface area contributed by atoms with E-state index in [9.17, 15) is 0 Å². The van der Waals surface area contributed by atoms with Crippen LogP contribution in [0, 0.1) is 11.3 Å². The Morgan fingerprint density at radius 3 is 2.57 bits per heavy atom. The highest BCUT2D eigenvalue weighted by Gasteiger charge is 2.45. The minimum Gasteiger partial charge on any atom is -0.311 e. The van der Waals surface area contributed by atoms with Gasteiger partial charge in [-0.15, -0.1) is 21.5 Å². The second-order valence-corrected chi connectivity index (χ2v) is 8.05. The molecule has 0 amide bonds. The predicted octanol–water partition coefficient (Wildman–Crippen LogP) is 4.06. The maximum absolute atomic E-state index is 9.16. The zero-order valence-corrected chi connectivity index (χ0v) is 13.7. The van der Waals surface area contributed by atoms with Crippen LogP contribution in [-0.4, -0.2) is 14.8 Å². The second-order valence-electron chi connectivity index (χ2n) is 6.96.